The number of carbonyl (C=O) groups excluding carboxylic acids is 2. The molecule has 5 heteroatoms. The zero-order valence-corrected chi connectivity index (χ0v) is 34.8. The molecule has 0 saturated heterocycles. The van der Waals surface area contributed by atoms with Crippen LogP contribution in [0.1, 0.15) is 180 Å². The summed E-state index contributed by atoms with van der Waals surface area (Å²) < 4.78 is 0. The third-order valence-electron chi connectivity index (χ3n) is 7.87. The minimum Gasteiger partial charge on any atom is -0.550 e. The van der Waals surface area contributed by atoms with Crippen molar-refractivity contribution in [2.75, 3.05) is 0 Å². The molecule has 2 aromatic carbocycles. The maximum atomic E-state index is 10.7. The van der Waals surface area contributed by atoms with Crippen molar-refractivity contribution >= 4 is 35.8 Å². The number of aliphatic carboxylic acids is 2. The van der Waals surface area contributed by atoms with E-state index in [2.05, 4.69) is 55.4 Å². The largest absolute Gasteiger partial charge is 2.00 e. The quantitative estimate of drug-likeness (QED) is 0.112. The van der Waals surface area contributed by atoms with Crippen LogP contribution in [0.3, 0.4) is 0 Å². The van der Waals surface area contributed by atoms with Gasteiger partial charge in [-0.05, 0) is 46.9 Å². The molecule has 2 unspecified atom stereocenters. The van der Waals surface area contributed by atoms with E-state index < -0.39 is 23.8 Å². The van der Waals surface area contributed by atoms with Crippen molar-refractivity contribution in [3.63, 3.8) is 0 Å². The topological polar surface area (TPSA) is 80.3 Å². The molecule has 4 nitrogen and oxygen atoms in total. The Morgan fingerprint density at radius 1 is 0.468 bits per heavy atom. The normalized spacial score (nSPS) is 11.5. The molecular weight excluding hydrogens is 687 g/mol. The summed E-state index contributed by atoms with van der Waals surface area (Å²) in [6.45, 7) is 21.0. The number of hydrogen-bond donors (Lipinski definition) is 0. The fraction of sp³-hybridized carbons (Fsp3) is 0.667. The molecule has 47 heavy (non-hydrogen) atoms. The Labute approximate surface area is 307 Å². The van der Waals surface area contributed by atoms with Gasteiger partial charge in [0.25, 0.3) is 0 Å². The van der Waals surface area contributed by atoms with Crippen LogP contribution in [0.25, 0.3) is 0 Å². The van der Waals surface area contributed by atoms with Gasteiger partial charge in [-0.2, -0.15) is 0 Å². The SMILES string of the molecule is CC(C)Cc1ccc(C(C)C(=O)[O-])cc1.CC(C)Cc1ccc(C(C)C(=O)[O-])cc1.CCCCCCCC.CCCCCCCC.[Sn+2]. The van der Waals surface area contributed by atoms with Gasteiger partial charge in [-0.25, -0.2) is 0 Å². The maximum Gasteiger partial charge on any atom is 2.00 e. The second-order valence-corrected chi connectivity index (χ2v) is 13.6. The number of carbonyl (C=O) groups is 2. The van der Waals surface area contributed by atoms with Crippen molar-refractivity contribution in [2.45, 2.75) is 171 Å². The number of rotatable bonds is 18. The van der Waals surface area contributed by atoms with Crippen LogP contribution in [0.2, 0.25) is 0 Å². The van der Waals surface area contributed by atoms with Crippen molar-refractivity contribution in [1.29, 1.82) is 0 Å². The minimum atomic E-state index is -1.02. The minimum absolute atomic E-state index is 0. The summed E-state index contributed by atoms with van der Waals surface area (Å²) in [6.07, 6.45) is 19.0. The summed E-state index contributed by atoms with van der Waals surface area (Å²) in [4.78, 5) is 21.3. The molecular formula is C42H70O4Sn. The Morgan fingerprint density at radius 2 is 0.702 bits per heavy atom. The van der Waals surface area contributed by atoms with Crippen LogP contribution < -0.4 is 10.2 Å². The first-order valence-corrected chi connectivity index (χ1v) is 18.4. The third kappa shape index (κ3) is 28.9. The first kappa shape index (κ1) is 49.6. The van der Waals surface area contributed by atoms with Crippen molar-refractivity contribution in [2.24, 2.45) is 11.8 Å². The first-order chi connectivity index (χ1) is 21.8. The zero-order chi connectivity index (χ0) is 35.3. The molecule has 2 rings (SSSR count). The van der Waals surface area contributed by atoms with Crippen molar-refractivity contribution in [3.8, 4) is 0 Å². The van der Waals surface area contributed by atoms with E-state index in [-0.39, 0.29) is 23.9 Å². The van der Waals surface area contributed by atoms with Crippen LogP contribution in [0.15, 0.2) is 48.5 Å². The number of hydrogen-bond acceptors (Lipinski definition) is 4. The van der Waals surface area contributed by atoms with Gasteiger partial charge in [-0.1, -0.05) is 195 Å². The molecule has 0 aliphatic carbocycles. The van der Waals surface area contributed by atoms with E-state index in [9.17, 15) is 19.8 Å². The monoisotopic (exact) mass is 758 g/mol. The van der Waals surface area contributed by atoms with Crippen LogP contribution >= 0.6 is 0 Å². The Morgan fingerprint density at radius 3 is 0.872 bits per heavy atom. The van der Waals surface area contributed by atoms with E-state index >= 15 is 0 Å². The number of carboxylic acids is 2. The molecule has 266 valence electrons. The molecule has 2 radical (unpaired) electrons. The predicted molar refractivity (Wildman–Crippen MR) is 201 cm³/mol. The van der Waals surface area contributed by atoms with E-state index in [1.54, 1.807) is 13.8 Å². The standard InChI is InChI=1S/2C13H18O2.2C8H18.Sn/c2*1-9(2)8-11-4-6-12(7-5-11)10(3)13(14)15;2*1-3-5-7-8-6-4-2;/h2*4-7,9-10H,8H2,1-3H3,(H,14,15);2*3-8H2,1-2H3;/q;;;;+2/p-2. The van der Waals surface area contributed by atoms with E-state index in [0.717, 1.165) is 24.0 Å². The fourth-order valence-electron chi connectivity index (χ4n) is 4.81. The third-order valence-corrected chi connectivity index (χ3v) is 7.87. The summed E-state index contributed by atoms with van der Waals surface area (Å²) in [7, 11) is 0. The molecule has 0 amide bonds. The summed E-state index contributed by atoms with van der Waals surface area (Å²) in [5.41, 5.74) is 4.11. The molecule has 0 fully saturated rings. The van der Waals surface area contributed by atoms with Crippen molar-refractivity contribution in [1.82, 2.24) is 0 Å². The number of benzene rings is 2. The average molecular weight is 758 g/mol. The molecule has 0 N–H and O–H groups in total. The smallest absolute Gasteiger partial charge is 0.550 e. The summed E-state index contributed by atoms with van der Waals surface area (Å²) in [6, 6.07) is 15.5. The second-order valence-electron chi connectivity index (χ2n) is 13.6. The van der Waals surface area contributed by atoms with Crippen molar-refractivity contribution in [3.05, 3.63) is 70.8 Å². The maximum absolute atomic E-state index is 10.7. The van der Waals surface area contributed by atoms with E-state index in [1.807, 2.05) is 48.5 Å². The molecule has 0 aliphatic rings. The van der Waals surface area contributed by atoms with Crippen LogP contribution in [0.5, 0.6) is 0 Å². The Balaban J connectivity index is -0.000000570. The van der Waals surface area contributed by atoms with Gasteiger partial charge in [-0.3, -0.25) is 0 Å². The van der Waals surface area contributed by atoms with Crippen LogP contribution in [0.4, 0.5) is 0 Å². The van der Waals surface area contributed by atoms with Crippen LogP contribution in [-0.2, 0) is 22.4 Å². The molecule has 0 heterocycles. The van der Waals surface area contributed by atoms with Gasteiger partial charge in [-0.15, -0.1) is 0 Å². The van der Waals surface area contributed by atoms with Crippen molar-refractivity contribution < 1.29 is 19.8 Å². The molecule has 0 aliphatic heterocycles. The second kappa shape index (κ2) is 32.7. The average Bonchev–Trinajstić information content (AvgIpc) is 3.02. The Hall–Kier alpha value is -1.82. The molecule has 0 spiro atoms. The molecule has 0 saturated carbocycles. The Bertz CT molecular complexity index is 889. The van der Waals surface area contributed by atoms with Crippen LogP contribution in [0, 0.1) is 11.8 Å². The summed E-state index contributed by atoms with van der Waals surface area (Å²) in [5, 5.41) is 21.3. The number of carboxylic acid groups (broad SMARTS) is 2. The Kier molecular flexibility index (Phi) is 34.5. The number of unbranched alkanes of at least 4 members (excludes halogenated alkanes) is 10. The van der Waals surface area contributed by atoms with Gasteiger partial charge in [0.2, 0.25) is 0 Å². The van der Waals surface area contributed by atoms with Crippen LogP contribution in [-0.4, -0.2) is 35.8 Å². The van der Waals surface area contributed by atoms with Gasteiger partial charge >= 0.3 is 23.9 Å². The van der Waals surface area contributed by atoms with E-state index in [1.165, 1.54) is 88.2 Å². The molecule has 2 aromatic rings. The first-order valence-electron chi connectivity index (χ1n) is 18.4. The van der Waals surface area contributed by atoms with Gasteiger partial charge in [0.15, 0.2) is 0 Å². The summed E-state index contributed by atoms with van der Waals surface area (Å²) in [5.74, 6) is -1.86. The van der Waals surface area contributed by atoms with Gasteiger partial charge in [0.05, 0.1) is 0 Å². The predicted octanol–water partition coefficient (Wildman–Crippen LogP) is 9.83. The fourth-order valence-corrected chi connectivity index (χ4v) is 4.81. The van der Waals surface area contributed by atoms with Gasteiger partial charge in [0.1, 0.15) is 0 Å². The molecule has 0 aromatic heterocycles. The van der Waals surface area contributed by atoms with E-state index in [4.69, 9.17) is 0 Å². The molecule has 2 atom stereocenters. The van der Waals surface area contributed by atoms with Gasteiger partial charge in [0, 0.05) is 23.8 Å². The zero-order valence-electron chi connectivity index (χ0n) is 32.0. The van der Waals surface area contributed by atoms with E-state index in [0.29, 0.717) is 11.8 Å². The molecule has 0 bridgehead atoms. The van der Waals surface area contributed by atoms with Gasteiger partial charge < -0.3 is 19.8 Å². The summed E-state index contributed by atoms with van der Waals surface area (Å²) >= 11 is 0.